The number of hydrogen-bond acceptors (Lipinski definition) is 3. The Morgan fingerprint density at radius 2 is 2.36 bits per heavy atom. The maximum atomic E-state index is 5.59. The summed E-state index contributed by atoms with van der Waals surface area (Å²) in [5, 5.41) is 0. The van der Waals surface area contributed by atoms with Crippen LogP contribution in [0.15, 0.2) is 12.1 Å². The molecule has 1 aromatic rings. The third-order valence-corrected chi connectivity index (χ3v) is 3.66. The average molecular weight is 212 g/mol. The van der Waals surface area contributed by atoms with Crippen molar-refractivity contribution in [2.45, 2.75) is 26.6 Å². The molecule has 78 valence electrons. The second-order valence-corrected chi connectivity index (χ2v) is 5.62. The fraction of sp³-hybridized carbons (Fsp3) is 0.636. The van der Waals surface area contributed by atoms with E-state index < -0.39 is 0 Å². The molecule has 3 heteroatoms. The summed E-state index contributed by atoms with van der Waals surface area (Å²) in [5.74, 6) is 0. The van der Waals surface area contributed by atoms with Crippen LogP contribution in [0.2, 0.25) is 0 Å². The van der Waals surface area contributed by atoms with Gasteiger partial charge in [0.05, 0.1) is 19.3 Å². The van der Waals surface area contributed by atoms with Gasteiger partial charge in [0.2, 0.25) is 0 Å². The smallest absolute Gasteiger partial charge is 0.0989 e. The van der Waals surface area contributed by atoms with Crippen LogP contribution in [0, 0.1) is 5.41 Å². The monoisotopic (exact) mass is 212 g/mol. The van der Waals surface area contributed by atoms with Gasteiger partial charge in [0.25, 0.3) is 0 Å². The van der Waals surface area contributed by atoms with Gasteiger partial charge in [-0.25, -0.2) is 0 Å². The van der Waals surface area contributed by atoms with Gasteiger partial charge in [-0.15, -0.1) is 11.3 Å². The fourth-order valence-electron chi connectivity index (χ4n) is 1.72. The van der Waals surface area contributed by atoms with E-state index in [1.54, 1.807) is 18.4 Å². The highest BCUT2D eigenvalue weighted by Gasteiger charge is 2.41. The zero-order chi connectivity index (χ0) is 10.2. The molecule has 1 atom stereocenters. The Hall–Kier alpha value is -0.380. The normalized spacial score (nSPS) is 24.6. The van der Waals surface area contributed by atoms with Gasteiger partial charge >= 0.3 is 0 Å². The summed E-state index contributed by atoms with van der Waals surface area (Å²) >= 11 is 1.79. The molecular formula is C11H16O2S. The summed E-state index contributed by atoms with van der Waals surface area (Å²) < 4.78 is 10.7. The largest absolute Gasteiger partial charge is 0.379 e. The highest BCUT2D eigenvalue weighted by atomic mass is 32.1. The van der Waals surface area contributed by atoms with E-state index in [2.05, 4.69) is 26.0 Å². The molecule has 0 aliphatic carbocycles. The first-order valence-corrected chi connectivity index (χ1v) is 5.64. The van der Waals surface area contributed by atoms with Crippen LogP contribution in [-0.4, -0.2) is 13.7 Å². The Morgan fingerprint density at radius 3 is 2.86 bits per heavy atom. The fourth-order valence-corrected chi connectivity index (χ4v) is 2.97. The van der Waals surface area contributed by atoms with Crippen molar-refractivity contribution in [2.24, 2.45) is 5.41 Å². The highest BCUT2D eigenvalue weighted by Crippen LogP contribution is 2.47. The number of rotatable bonds is 3. The molecule has 1 aliphatic rings. The minimum absolute atomic E-state index is 0.290. The SMILES string of the molecule is COCc1ccc(C2OCC2(C)C)s1. The van der Waals surface area contributed by atoms with Crippen LogP contribution >= 0.6 is 11.3 Å². The summed E-state index contributed by atoms with van der Waals surface area (Å²) in [6.07, 6.45) is 0.290. The van der Waals surface area contributed by atoms with Crippen molar-refractivity contribution in [3.8, 4) is 0 Å². The Bertz CT molecular complexity index is 317. The van der Waals surface area contributed by atoms with Gasteiger partial charge in [0.15, 0.2) is 0 Å². The molecule has 1 aliphatic heterocycles. The van der Waals surface area contributed by atoms with Crippen LogP contribution in [0.4, 0.5) is 0 Å². The van der Waals surface area contributed by atoms with E-state index in [1.165, 1.54) is 9.75 Å². The summed E-state index contributed by atoms with van der Waals surface area (Å²) in [6.45, 7) is 6.07. The summed E-state index contributed by atoms with van der Waals surface area (Å²) in [4.78, 5) is 2.60. The van der Waals surface area contributed by atoms with Gasteiger partial charge in [0, 0.05) is 22.3 Å². The molecule has 2 nitrogen and oxygen atoms in total. The van der Waals surface area contributed by atoms with Crippen molar-refractivity contribution < 1.29 is 9.47 Å². The molecule has 1 saturated heterocycles. The summed E-state index contributed by atoms with van der Waals surface area (Å²) in [5.41, 5.74) is 0.301. The Labute approximate surface area is 88.8 Å². The summed E-state index contributed by atoms with van der Waals surface area (Å²) in [6, 6.07) is 4.28. The lowest BCUT2D eigenvalue weighted by Gasteiger charge is -2.43. The molecule has 2 heterocycles. The first-order chi connectivity index (χ1) is 6.63. The third-order valence-electron chi connectivity index (χ3n) is 2.56. The Morgan fingerprint density at radius 1 is 1.57 bits per heavy atom. The topological polar surface area (TPSA) is 18.5 Å². The van der Waals surface area contributed by atoms with Crippen molar-refractivity contribution in [2.75, 3.05) is 13.7 Å². The van der Waals surface area contributed by atoms with Crippen LogP contribution in [0.25, 0.3) is 0 Å². The molecule has 1 unspecified atom stereocenters. The van der Waals surface area contributed by atoms with Gasteiger partial charge < -0.3 is 9.47 Å². The first-order valence-electron chi connectivity index (χ1n) is 4.82. The van der Waals surface area contributed by atoms with Crippen LogP contribution in [0.5, 0.6) is 0 Å². The van der Waals surface area contributed by atoms with Crippen molar-refractivity contribution in [1.82, 2.24) is 0 Å². The molecule has 1 fully saturated rings. The predicted molar refractivity (Wildman–Crippen MR) is 57.5 cm³/mol. The lowest BCUT2D eigenvalue weighted by molar-refractivity contribution is -0.170. The van der Waals surface area contributed by atoms with Gasteiger partial charge in [0.1, 0.15) is 0 Å². The minimum Gasteiger partial charge on any atom is -0.379 e. The third kappa shape index (κ3) is 1.72. The second-order valence-electron chi connectivity index (χ2n) is 4.42. The van der Waals surface area contributed by atoms with Crippen LogP contribution < -0.4 is 0 Å². The number of ether oxygens (including phenoxy) is 2. The number of methoxy groups -OCH3 is 1. The van der Waals surface area contributed by atoms with E-state index in [1.807, 2.05) is 0 Å². The van der Waals surface area contributed by atoms with E-state index in [0.717, 1.165) is 6.61 Å². The van der Waals surface area contributed by atoms with Crippen LogP contribution in [0.1, 0.15) is 29.7 Å². The molecule has 2 rings (SSSR count). The lowest BCUT2D eigenvalue weighted by atomic mass is 9.82. The molecule has 0 amide bonds. The van der Waals surface area contributed by atoms with E-state index in [9.17, 15) is 0 Å². The van der Waals surface area contributed by atoms with Gasteiger partial charge in [-0.2, -0.15) is 0 Å². The minimum atomic E-state index is 0.290. The van der Waals surface area contributed by atoms with Crippen molar-refractivity contribution in [3.63, 3.8) is 0 Å². The van der Waals surface area contributed by atoms with Crippen molar-refractivity contribution >= 4 is 11.3 Å². The zero-order valence-corrected chi connectivity index (χ0v) is 9.69. The zero-order valence-electron chi connectivity index (χ0n) is 8.87. The molecule has 0 N–H and O–H groups in total. The average Bonchev–Trinajstić information content (AvgIpc) is 2.52. The summed E-state index contributed by atoms with van der Waals surface area (Å²) in [7, 11) is 1.73. The van der Waals surface area contributed by atoms with E-state index in [0.29, 0.717) is 12.0 Å². The molecule has 0 radical (unpaired) electrons. The molecule has 14 heavy (non-hydrogen) atoms. The van der Waals surface area contributed by atoms with Gasteiger partial charge in [-0.3, -0.25) is 0 Å². The lowest BCUT2D eigenvalue weighted by Crippen LogP contribution is -2.39. The van der Waals surface area contributed by atoms with Crippen LogP contribution in [-0.2, 0) is 16.1 Å². The Kier molecular flexibility index (Phi) is 2.64. The standard InChI is InChI=1S/C11H16O2S/c1-11(2)7-13-10(11)9-5-4-8(14-9)6-12-3/h4-5,10H,6-7H2,1-3H3. The first kappa shape index (κ1) is 10.1. The molecule has 0 bridgehead atoms. The second kappa shape index (κ2) is 3.65. The number of hydrogen-bond donors (Lipinski definition) is 0. The molecular weight excluding hydrogens is 196 g/mol. The van der Waals surface area contributed by atoms with Crippen molar-refractivity contribution in [1.29, 1.82) is 0 Å². The van der Waals surface area contributed by atoms with E-state index >= 15 is 0 Å². The van der Waals surface area contributed by atoms with Crippen molar-refractivity contribution in [3.05, 3.63) is 21.9 Å². The van der Waals surface area contributed by atoms with Gasteiger partial charge in [-0.1, -0.05) is 13.8 Å². The molecule has 1 aromatic heterocycles. The molecule has 0 aromatic carbocycles. The van der Waals surface area contributed by atoms with Gasteiger partial charge in [-0.05, 0) is 12.1 Å². The quantitative estimate of drug-likeness (QED) is 0.767. The highest BCUT2D eigenvalue weighted by molar-refractivity contribution is 7.12. The molecule has 0 saturated carbocycles. The number of thiophene rings is 1. The Balaban J connectivity index is 2.09. The predicted octanol–water partition coefficient (Wildman–Crippen LogP) is 2.99. The maximum absolute atomic E-state index is 5.59. The maximum Gasteiger partial charge on any atom is 0.0989 e. The molecule has 0 spiro atoms. The van der Waals surface area contributed by atoms with E-state index in [4.69, 9.17) is 9.47 Å². The van der Waals surface area contributed by atoms with Crippen LogP contribution in [0.3, 0.4) is 0 Å². The van der Waals surface area contributed by atoms with E-state index in [-0.39, 0.29) is 6.10 Å².